The molecule has 2 aliphatic carbocycles. The molecule has 2 aliphatic rings. The van der Waals surface area contributed by atoms with Crippen LogP contribution < -0.4 is 16.4 Å². The Hall–Kier alpha value is -5.35. The number of carboxylic acid groups (broad SMARTS) is 2. The molecule has 16 heteroatoms. The summed E-state index contributed by atoms with van der Waals surface area (Å²) in [5.41, 5.74) is 7.47. The Balaban J connectivity index is 0.000000530. The van der Waals surface area contributed by atoms with Gasteiger partial charge < -0.3 is 36.2 Å². The van der Waals surface area contributed by atoms with Crippen LogP contribution in [-0.4, -0.2) is 101 Å². The van der Waals surface area contributed by atoms with E-state index in [-0.39, 0.29) is 35.7 Å². The lowest BCUT2D eigenvalue weighted by Crippen LogP contribution is -2.42. The van der Waals surface area contributed by atoms with Crippen LogP contribution in [0.3, 0.4) is 0 Å². The maximum atomic E-state index is 12.6. The summed E-state index contributed by atoms with van der Waals surface area (Å²) >= 11 is 0. The SMILES string of the molecule is CNC1CCCCC1.C[C@H](N)C(=O)C[C@H](/C=C/C(=O)N(C)C1CCCCC1)CCc1ccccc1.C[C@H](NC(=O)OC(C)(C)C)C(=O)C[C@H](/C=C/C(=O)O)CCc1ccccc1.O=C(O)C(F)(F)F. The third kappa shape index (κ3) is 30.0. The standard InChI is InChI=1S/C23H34N2O2.C21H29NO5.C7H15N.C2HF3O2/c1-18(24)22(26)17-20(14-13-19-9-5-3-6-10-19)15-16-23(27)25(2)21-11-7-4-8-12-21;1-15(22-20(26)27-21(2,3)4)18(23)14-17(12-13-19(24)25)11-10-16-8-6-5-7-9-16;1-8-7-5-3-2-4-6-7;3-2(4,5)1(6)7/h3,5-6,9-10,15-16,18,20-21H,4,7-8,11-14,17,24H2,1-2H3;5-9,12-13,15,17H,10-11,14H2,1-4H3,(H,22,26)(H,24,25);7-8H,2-6H2,1H3;(H,6,7)/b16-15+;13-12+;;/t18-,20-;15-,17-;;/m00../s1. The number of hydrogen-bond acceptors (Lipinski definition) is 9. The monoisotopic (exact) mass is 973 g/mol. The summed E-state index contributed by atoms with van der Waals surface area (Å²) in [7, 11) is 3.96. The van der Waals surface area contributed by atoms with Crippen molar-refractivity contribution in [1.29, 1.82) is 0 Å². The van der Waals surface area contributed by atoms with Gasteiger partial charge in [0.15, 0.2) is 5.78 Å². The van der Waals surface area contributed by atoms with Crippen LogP contribution in [0, 0.1) is 11.8 Å². The number of Topliss-reactive ketones (excluding diaryl/α,β-unsaturated/α-hetero) is 2. The second-order valence-corrected chi connectivity index (χ2v) is 18.8. The normalized spacial score (nSPS) is 16.2. The molecule has 0 aliphatic heterocycles. The molecule has 2 saturated carbocycles. The average Bonchev–Trinajstić information content (AvgIpc) is 3.31. The lowest BCUT2D eigenvalue weighted by molar-refractivity contribution is -0.192. The van der Waals surface area contributed by atoms with E-state index < -0.39 is 41.9 Å². The van der Waals surface area contributed by atoms with E-state index in [0.717, 1.165) is 49.8 Å². The zero-order chi connectivity index (χ0) is 52.0. The summed E-state index contributed by atoms with van der Waals surface area (Å²) in [6, 6.07) is 20.0. The Kier molecular flexibility index (Phi) is 29.7. The van der Waals surface area contributed by atoms with Gasteiger partial charge in [-0.05, 0) is 122 Å². The molecule has 0 saturated heterocycles. The molecule has 0 bridgehead atoms. The van der Waals surface area contributed by atoms with Crippen LogP contribution in [0.2, 0.25) is 0 Å². The molecule has 4 atom stereocenters. The van der Waals surface area contributed by atoms with Crippen LogP contribution in [0.5, 0.6) is 0 Å². The van der Waals surface area contributed by atoms with Gasteiger partial charge in [0.2, 0.25) is 5.91 Å². The number of ether oxygens (including phenoxy) is 1. The minimum absolute atomic E-state index is 0.0346. The van der Waals surface area contributed by atoms with E-state index in [1.807, 2.05) is 66.6 Å². The van der Waals surface area contributed by atoms with Gasteiger partial charge in [-0.3, -0.25) is 14.4 Å². The molecular weight excluding hydrogens is 894 g/mol. The number of benzene rings is 2. The minimum Gasteiger partial charge on any atom is -0.478 e. The quantitative estimate of drug-likeness (QED) is 0.0838. The van der Waals surface area contributed by atoms with Crippen LogP contribution in [0.4, 0.5) is 18.0 Å². The van der Waals surface area contributed by atoms with E-state index in [1.165, 1.54) is 56.9 Å². The van der Waals surface area contributed by atoms with Crippen molar-refractivity contribution < 1.29 is 56.9 Å². The van der Waals surface area contributed by atoms with Crippen molar-refractivity contribution in [2.24, 2.45) is 17.6 Å². The predicted molar refractivity (Wildman–Crippen MR) is 263 cm³/mol. The summed E-state index contributed by atoms with van der Waals surface area (Å²) in [4.78, 5) is 70.6. The number of amides is 2. The van der Waals surface area contributed by atoms with Gasteiger partial charge in [0.25, 0.3) is 0 Å². The number of carboxylic acids is 2. The number of aryl methyl sites for hydroxylation is 2. The fraction of sp³-hybridized carbons (Fsp3) is 0.585. The first-order chi connectivity index (χ1) is 32.4. The molecule has 4 rings (SSSR count). The Morgan fingerprint density at radius 1 is 0.739 bits per heavy atom. The fourth-order valence-electron chi connectivity index (χ4n) is 7.56. The molecule has 0 unspecified atom stereocenters. The summed E-state index contributed by atoms with van der Waals surface area (Å²) in [6.45, 7) is 8.56. The zero-order valence-corrected chi connectivity index (χ0v) is 41.8. The summed E-state index contributed by atoms with van der Waals surface area (Å²) in [5, 5.41) is 21.8. The smallest absolute Gasteiger partial charge is 0.478 e. The molecule has 13 nitrogen and oxygen atoms in total. The number of likely N-dealkylation sites (N-methyl/N-ethyl adjacent to an activating group) is 1. The van der Waals surface area contributed by atoms with Gasteiger partial charge >= 0.3 is 24.2 Å². The van der Waals surface area contributed by atoms with Crippen molar-refractivity contribution in [3.63, 3.8) is 0 Å². The third-order valence-electron chi connectivity index (χ3n) is 11.7. The average molecular weight is 973 g/mol. The Bertz CT molecular complexity index is 1870. The predicted octanol–water partition coefficient (Wildman–Crippen LogP) is 9.81. The van der Waals surface area contributed by atoms with Gasteiger partial charge in [-0.15, -0.1) is 0 Å². The maximum Gasteiger partial charge on any atom is 0.490 e. The highest BCUT2D eigenvalue weighted by Crippen LogP contribution is 2.23. The van der Waals surface area contributed by atoms with E-state index in [9.17, 15) is 37.1 Å². The number of carbonyl (C=O) groups is 6. The van der Waals surface area contributed by atoms with Crippen molar-refractivity contribution in [3.05, 3.63) is 96.1 Å². The number of halogens is 3. The molecule has 69 heavy (non-hydrogen) atoms. The first-order valence-corrected chi connectivity index (χ1v) is 24.1. The van der Waals surface area contributed by atoms with E-state index in [4.69, 9.17) is 25.5 Å². The number of rotatable bonds is 19. The van der Waals surface area contributed by atoms with Crippen LogP contribution >= 0.6 is 0 Å². The topological polar surface area (TPSA) is 205 Å². The zero-order valence-electron chi connectivity index (χ0n) is 41.8. The van der Waals surface area contributed by atoms with Crippen molar-refractivity contribution in [3.8, 4) is 0 Å². The van der Waals surface area contributed by atoms with Crippen molar-refractivity contribution >= 4 is 35.5 Å². The Labute approximate surface area is 407 Å². The molecule has 2 aromatic rings. The molecule has 2 aromatic carbocycles. The number of nitrogens with zero attached hydrogens (tertiary/aromatic N) is 1. The summed E-state index contributed by atoms with van der Waals surface area (Å²) in [6.07, 6.45) is 17.1. The molecule has 386 valence electrons. The van der Waals surface area contributed by atoms with Gasteiger partial charge in [0, 0.05) is 38.0 Å². The van der Waals surface area contributed by atoms with Crippen LogP contribution in [-0.2, 0) is 41.6 Å². The highest BCUT2D eigenvalue weighted by molar-refractivity contribution is 5.88. The molecule has 0 spiro atoms. The van der Waals surface area contributed by atoms with Crippen molar-refractivity contribution in [2.75, 3.05) is 14.1 Å². The number of nitrogens with two attached hydrogens (primary N) is 1. The lowest BCUT2D eigenvalue weighted by Gasteiger charge is -2.30. The molecular formula is C53H79F3N4O9. The van der Waals surface area contributed by atoms with Crippen LogP contribution in [0.25, 0.3) is 0 Å². The third-order valence-corrected chi connectivity index (χ3v) is 11.7. The number of ketones is 2. The largest absolute Gasteiger partial charge is 0.490 e. The van der Waals surface area contributed by atoms with Gasteiger partial charge in [0.1, 0.15) is 11.4 Å². The molecule has 2 amide bonds. The first-order valence-electron chi connectivity index (χ1n) is 24.1. The number of alkyl carbamates (subject to hydrolysis) is 1. The number of alkyl halides is 3. The van der Waals surface area contributed by atoms with Gasteiger partial charge in [-0.25, -0.2) is 14.4 Å². The van der Waals surface area contributed by atoms with E-state index in [0.29, 0.717) is 18.9 Å². The van der Waals surface area contributed by atoms with Gasteiger partial charge in [0.05, 0.1) is 12.1 Å². The minimum atomic E-state index is -5.08. The molecule has 2 fully saturated rings. The second kappa shape index (κ2) is 33.2. The van der Waals surface area contributed by atoms with E-state index in [2.05, 4.69) is 29.8 Å². The number of aliphatic carboxylic acids is 2. The summed E-state index contributed by atoms with van der Waals surface area (Å²) < 4.78 is 36.9. The number of nitrogens with one attached hydrogen (secondary N) is 2. The van der Waals surface area contributed by atoms with Crippen LogP contribution in [0.1, 0.15) is 136 Å². The van der Waals surface area contributed by atoms with E-state index >= 15 is 0 Å². The number of allylic oxidation sites excluding steroid dienone is 2. The van der Waals surface area contributed by atoms with Crippen LogP contribution in [0.15, 0.2) is 85.0 Å². The maximum absolute atomic E-state index is 12.6. The second-order valence-electron chi connectivity index (χ2n) is 18.8. The molecule has 6 N–H and O–H groups in total. The Morgan fingerprint density at radius 2 is 1.17 bits per heavy atom. The van der Waals surface area contributed by atoms with E-state index in [1.54, 1.807) is 46.8 Å². The molecule has 0 aromatic heterocycles. The van der Waals surface area contributed by atoms with Crippen molar-refractivity contribution in [1.82, 2.24) is 15.5 Å². The fourth-order valence-corrected chi connectivity index (χ4v) is 7.56. The molecule has 0 radical (unpaired) electrons. The highest BCUT2D eigenvalue weighted by Gasteiger charge is 2.38. The first kappa shape index (κ1) is 61.7. The molecule has 0 heterocycles. The number of carbonyl (C=O) groups excluding carboxylic acids is 4. The van der Waals surface area contributed by atoms with Gasteiger partial charge in [-0.2, -0.15) is 13.2 Å². The Morgan fingerprint density at radius 3 is 1.57 bits per heavy atom. The van der Waals surface area contributed by atoms with Gasteiger partial charge in [-0.1, -0.05) is 111 Å². The number of hydrogen-bond donors (Lipinski definition) is 5. The lowest BCUT2D eigenvalue weighted by atomic mass is 9.92. The van der Waals surface area contributed by atoms with Crippen molar-refractivity contribution in [2.45, 2.75) is 173 Å². The highest BCUT2D eigenvalue weighted by atomic mass is 19.4. The summed E-state index contributed by atoms with van der Waals surface area (Å²) in [5.74, 6) is -4.08.